The van der Waals surface area contributed by atoms with Crippen LogP contribution in [0.15, 0.2) is 16.6 Å². The van der Waals surface area contributed by atoms with Crippen LogP contribution in [-0.2, 0) is 4.79 Å². The summed E-state index contributed by atoms with van der Waals surface area (Å²) >= 11 is 3.04. The summed E-state index contributed by atoms with van der Waals surface area (Å²) < 4.78 is 13.4. The molecule has 0 heterocycles. The van der Waals surface area contributed by atoms with Crippen LogP contribution >= 0.6 is 15.9 Å². The number of halogens is 2. The lowest BCUT2D eigenvalue weighted by Gasteiger charge is -2.13. The maximum Gasteiger partial charge on any atom is 0.325 e. The lowest BCUT2D eigenvalue weighted by Crippen LogP contribution is -2.25. The van der Waals surface area contributed by atoms with Gasteiger partial charge in [-0.15, -0.1) is 0 Å². The Bertz CT molecular complexity index is 395. The summed E-state index contributed by atoms with van der Waals surface area (Å²) in [5.41, 5.74) is 1.28. The number of rotatable bonds is 3. The molecular weight excluding hydrogens is 265 g/mol. The monoisotopic (exact) mass is 275 g/mol. The molecule has 0 saturated carbocycles. The van der Waals surface area contributed by atoms with Crippen LogP contribution in [0.5, 0.6) is 0 Å². The van der Waals surface area contributed by atoms with Gasteiger partial charge in [0.1, 0.15) is 11.9 Å². The third-order valence-electron chi connectivity index (χ3n) is 2.01. The van der Waals surface area contributed by atoms with Crippen molar-refractivity contribution in [2.75, 3.05) is 5.32 Å². The molecule has 0 aliphatic rings. The molecule has 1 atom stereocenters. The van der Waals surface area contributed by atoms with Crippen LogP contribution in [-0.4, -0.2) is 17.1 Å². The lowest BCUT2D eigenvalue weighted by atomic mass is 10.2. The van der Waals surface area contributed by atoms with Crippen molar-refractivity contribution in [3.05, 3.63) is 28.0 Å². The molecule has 82 valence electrons. The molecule has 0 aliphatic carbocycles. The molecule has 1 aromatic rings. The van der Waals surface area contributed by atoms with Crippen molar-refractivity contribution in [2.24, 2.45) is 0 Å². The van der Waals surface area contributed by atoms with E-state index in [1.54, 1.807) is 6.92 Å². The number of anilines is 1. The number of aryl methyl sites for hydroxylation is 1. The van der Waals surface area contributed by atoms with Crippen LogP contribution in [0.1, 0.15) is 12.5 Å². The number of hydrogen-bond donors (Lipinski definition) is 2. The van der Waals surface area contributed by atoms with E-state index < -0.39 is 12.0 Å². The van der Waals surface area contributed by atoms with Gasteiger partial charge in [0.05, 0.1) is 4.47 Å². The number of carbonyl (C=O) groups is 1. The smallest absolute Gasteiger partial charge is 0.325 e. The van der Waals surface area contributed by atoms with Gasteiger partial charge in [-0.25, -0.2) is 4.39 Å². The first kappa shape index (κ1) is 12.0. The van der Waals surface area contributed by atoms with Crippen LogP contribution in [0.3, 0.4) is 0 Å². The van der Waals surface area contributed by atoms with Crippen molar-refractivity contribution < 1.29 is 14.3 Å². The summed E-state index contributed by atoms with van der Waals surface area (Å²) in [6.45, 7) is 3.24. The quantitative estimate of drug-likeness (QED) is 0.892. The molecule has 0 aromatic heterocycles. The zero-order chi connectivity index (χ0) is 11.6. The molecule has 0 fully saturated rings. The molecule has 2 N–H and O–H groups in total. The minimum atomic E-state index is -0.949. The predicted molar refractivity (Wildman–Crippen MR) is 59.6 cm³/mol. The molecule has 3 nitrogen and oxygen atoms in total. The van der Waals surface area contributed by atoms with Crippen LogP contribution in [0.25, 0.3) is 0 Å². The van der Waals surface area contributed by atoms with Crippen molar-refractivity contribution in [3.8, 4) is 0 Å². The van der Waals surface area contributed by atoms with Gasteiger partial charge >= 0.3 is 5.97 Å². The zero-order valence-electron chi connectivity index (χ0n) is 8.34. The fraction of sp³-hybridized carbons (Fsp3) is 0.300. The Morgan fingerprint density at radius 3 is 2.73 bits per heavy atom. The number of nitrogens with one attached hydrogen (secondary N) is 1. The second-order valence-corrected chi connectivity index (χ2v) is 4.14. The van der Waals surface area contributed by atoms with Crippen LogP contribution in [0.2, 0.25) is 0 Å². The third kappa shape index (κ3) is 2.92. The largest absolute Gasteiger partial charge is 0.480 e. The van der Waals surface area contributed by atoms with Gasteiger partial charge in [0.15, 0.2) is 0 Å². The molecule has 15 heavy (non-hydrogen) atoms. The molecule has 0 spiro atoms. The fourth-order valence-corrected chi connectivity index (χ4v) is 1.44. The van der Waals surface area contributed by atoms with Crippen LogP contribution in [0, 0.1) is 12.7 Å². The Labute approximate surface area is 95.4 Å². The molecule has 0 aliphatic heterocycles. The Balaban J connectivity index is 2.95. The van der Waals surface area contributed by atoms with E-state index in [9.17, 15) is 9.18 Å². The topological polar surface area (TPSA) is 49.3 Å². The van der Waals surface area contributed by atoms with Crippen molar-refractivity contribution in [1.29, 1.82) is 0 Å². The average Bonchev–Trinajstić information content (AvgIpc) is 2.13. The number of carboxylic acid groups (broad SMARTS) is 1. The molecular formula is C10H11BrFNO2. The molecule has 0 radical (unpaired) electrons. The molecule has 1 aromatic carbocycles. The van der Waals surface area contributed by atoms with Crippen LogP contribution < -0.4 is 5.32 Å². The molecule has 1 rings (SSSR count). The maximum atomic E-state index is 13.1. The third-order valence-corrected chi connectivity index (χ3v) is 2.62. The number of carboxylic acids is 1. The summed E-state index contributed by atoms with van der Waals surface area (Å²) in [5, 5.41) is 11.5. The fourth-order valence-electron chi connectivity index (χ4n) is 1.10. The lowest BCUT2D eigenvalue weighted by molar-refractivity contribution is -0.137. The molecule has 0 amide bonds. The van der Waals surface area contributed by atoms with Crippen molar-refractivity contribution in [1.82, 2.24) is 0 Å². The van der Waals surface area contributed by atoms with Crippen molar-refractivity contribution in [3.63, 3.8) is 0 Å². The maximum absolute atomic E-state index is 13.1. The number of benzene rings is 1. The van der Waals surface area contributed by atoms with E-state index in [-0.39, 0.29) is 5.82 Å². The molecule has 0 bridgehead atoms. The van der Waals surface area contributed by atoms with E-state index in [1.807, 2.05) is 0 Å². The number of aliphatic carboxylic acids is 1. The molecule has 1 unspecified atom stereocenters. The Hall–Kier alpha value is -1.10. The number of hydrogen-bond acceptors (Lipinski definition) is 2. The SMILES string of the molecule is Cc1cc(F)c(Br)cc1NC(C)C(=O)O. The van der Waals surface area contributed by atoms with Gasteiger partial charge in [0, 0.05) is 5.69 Å². The molecule has 0 saturated heterocycles. The highest BCUT2D eigenvalue weighted by molar-refractivity contribution is 9.10. The Morgan fingerprint density at radius 1 is 1.60 bits per heavy atom. The van der Waals surface area contributed by atoms with E-state index in [4.69, 9.17) is 5.11 Å². The zero-order valence-corrected chi connectivity index (χ0v) is 9.93. The highest BCUT2D eigenvalue weighted by Crippen LogP contribution is 2.24. The summed E-state index contributed by atoms with van der Waals surface area (Å²) in [5.74, 6) is -1.31. The van der Waals surface area contributed by atoms with Gasteiger partial charge in [-0.1, -0.05) is 0 Å². The summed E-state index contributed by atoms with van der Waals surface area (Å²) in [4.78, 5) is 10.6. The average molecular weight is 276 g/mol. The summed E-state index contributed by atoms with van der Waals surface area (Å²) in [6, 6.07) is 2.17. The van der Waals surface area contributed by atoms with Gasteiger partial charge in [-0.3, -0.25) is 4.79 Å². The Morgan fingerprint density at radius 2 is 2.20 bits per heavy atom. The standard InChI is InChI=1S/C10H11BrFNO2/c1-5-3-8(12)7(11)4-9(5)13-6(2)10(14)15/h3-4,6,13H,1-2H3,(H,14,15). The second kappa shape index (κ2) is 4.61. The first-order valence-corrected chi connectivity index (χ1v) is 5.16. The second-order valence-electron chi connectivity index (χ2n) is 3.29. The van der Waals surface area contributed by atoms with Gasteiger partial charge in [-0.2, -0.15) is 0 Å². The summed E-state index contributed by atoms with van der Waals surface area (Å²) in [7, 11) is 0. The van der Waals surface area contributed by atoms with E-state index >= 15 is 0 Å². The van der Waals surface area contributed by atoms with E-state index in [0.29, 0.717) is 15.7 Å². The van der Waals surface area contributed by atoms with Crippen LogP contribution in [0.4, 0.5) is 10.1 Å². The minimum absolute atomic E-state index is 0.313. The van der Waals surface area contributed by atoms with Gasteiger partial charge in [-0.05, 0) is 47.5 Å². The van der Waals surface area contributed by atoms with E-state index in [1.165, 1.54) is 19.1 Å². The predicted octanol–water partition coefficient (Wildman–Crippen LogP) is 2.78. The van der Waals surface area contributed by atoms with Crippen molar-refractivity contribution in [2.45, 2.75) is 19.9 Å². The Kier molecular flexibility index (Phi) is 3.68. The first-order chi connectivity index (χ1) is 6.91. The van der Waals surface area contributed by atoms with Gasteiger partial charge in [0.25, 0.3) is 0 Å². The van der Waals surface area contributed by atoms with Gasteiger partial charge in [0.2, 0.25) is 0 Å². The minimum Gasteiger partial charge on any atom is -0.480 e. The van der Waals surface area contributed by atoms with E-state index in [0.717, 1.165) is 0 Å². The highest BCUT2D eigenvalue weighted by Gasteiger charge is 2.12. The normalized spacial score (nSPS) is 12.3. The molecule has 5 heteroatoms. The first-order valence-electron chi connectivity index (χ1n) is 4.37. The van der Waals surface area contributed by atoms with E-state index in [2.05, 4.69) is 21.2 Å². The summed E-state index contributed by atoms with van der Waals surface area (Å²) in [6.07, 6.45) is 0. The van der Waals surface area contributed by atoms with Crippen molar-refractivity contribution >= 4 is 27.6 Å². The highest BCUT2D eigenvalue weighted by atomic mass is 79.9. The van der Waals surface area contributed by atoms with Gasteiger partial charge < -0.3 is 10.4 Å².